The quantitative estimate of drug-likeness (QED) is 0.461. The fourth-order valence-corrected chi connectivity index (χ4v) is 6.22. The van der Waals surface area contributed by atoms with E-state index in [2.05, 4.69) is 30.6 Å². The van der Waals surface area contributed by atoms with Crippen LogP contribution in [-0.2, 0) is 0 Å². The van der Waals surface area contributed by atoms with Crippen LogP contribution in [0.5, 0.6) is 0 Å². The summed E-state index contributed by atoms with van der Waals surface area (Å²) in [6.07, 6.45) is 4.32. The van der Waals surface area contributed by atoms with E-state index in [9.17, 15) is 0 Å². The van der Waals surface area contributed by atoms with Crippen LogP contribution < -0.4 is 0 Å². The zero-order chi connectivity index (χ0) is 6.04. The SMILES string of the molecule is Br[Si]1(Br)CCCCC1. The molecule has 0 nitrogen and oxygen atoms in total. The van der Waals surface area contributed by atoms with Crippen molar-refractivity contribution < 1.29 is 0 Å². The van der Waals surface area contributed by atoms with Crippen molar-refractivity contribution in [3.8, 4) is 0 Å². The van der Waals surface area contributed by atoms with E-state index in [1.807, 2.05) is 0 Å². The molecule has 1 aliphatic rings. The number of rotatable bonds is 0. The second-order valence-corrected chi connectivity index (χ2v) is 17.4. The zero-order valence-electron chi connectivity index (χ0n) is 4.79. The van der Waals surface area contributed by atoms with Gasteiger partial charge in [0.05, 0.1) is 0 Å². The highest BCUT2D eigenvalue weighted by Gasteiger charge is 2.27. The lowest BCUT2D eigenvalue weighted by molar-refractivity contribution is 0.730. The summed E-state index contributed by atoms with van der Waals surface area (Å²) in [6, 6.07) is 2.85. The second-order valence-electron chi connectivity index (χ2n) is 2.42. The van der Waals surface area contributed by atoms with Gasteiger partial charge in [-0.2, -0.15) is 0 Å². The largest absolute Gasteiger partial charge is 0.201 e. The molecule has 1 heterocycles. The van der Waals surface area contributed by atoms with E-state index in [0.717, 1.165) is 0 Å². The summed E-state index contributed by atoms with van der Waals surface area (Å²) in [6.45, 7) is 0. The summed E-state index contributed by atoms with van der Waals surface area (Å²) < 4.78 is 0. The van der Waals surface area contributed by atoms with E-state index in [1.165, 1.54) is 31.4 Å². The summed E-state index contributed by atoms with van der Waals surface area (Å²) in [5.74, 6) is 0. The summed E-state index contributed by atoms with van der Waals surface area (Å²) >= 11 is 7.50. The number of hydrogen-bond donors (Lipinski definition) is 0. The Labute approximate surface area is 67.2 Å². The Kier molecular flexibility index (Phi) is 2.59. The lowest BCUT2D eigenvalue weighted by Gasteiger charge is -2.21. The zero-order valence-corrected chi connectivity index (χ0v) is 8.96. The third-order valence-corrected chi connectivity index (χ3v) is 8.51. The molecule has 3 heteroatoms. The minimum Gasteiger partial charge on any atom is -0.111 e. The molecular weight excluding hydrogens is 248 g/mol. The van der Waals surface area contributed by atoms with Crippen LogP contribution in [0.15, 0.2) is 0 Å². The van der Waals surface area contributed by atoms with Crippen LogP contribution in [0.25, 0.3) is 0 Å². The van der Waals surface area contributed by atoms with E-state index in [4.69, 9.17) is 0 Å². The van der Waals surface area contributed by atoms with Crippen LogP contribution in [0.3, 0.4) is 0 Å². The van der Waals surface area contributed by atoms with E-state index in [0.29, 0.717) is 0 Å². The molecule has 0 radical (unpaired) electrons. The molecule has 0 N–H and O–H groups in total. The molecule has 0 aromatic heterocycles. The molecule has 1 aliphatic heterocycles. The lowest BCUT2D eigenvalue weighted by Crippen LogP contribution is -2.19. The molecule has 0 aromatic rings. The highest BCUT2D eigenvalue weighted by Crippen LogP contribution is 2.37. The monoisotopic (exact) mass is 256 g/mol. The molecule has 0 amide bonds. The van der Waals surface area contributed by atoms with Gasteiger partial charge in [-0.1, -0.05) is 19.3 Å². The Morgan fingerprint density at radius 1 is 0.875 bits per heavy atom. The van der Waals surface area contributed by atoms with E-state index in [1.54, 1.807) is 0 Å². The van der Waals surface area contributed by atoms with E-state index < -0.39 is 5.31 Å². The van der Waals surface area contributed by atoms with Gasteiger partial charge in [-0.3, -0.25) is 0 Å². The van der Waals surface area contributed by atoms with Gasteiger partial charge in [-0.25, -0.2) is 0 Å². The summed E-state index contributed by atoms with van der Waals surface area (Å²) in [7, 11) is 0. The van der Waals surface area contributed by atoms with Crippen molar-refractivity contribution in [2.45, 2.75) is 31.4 Å². The molecule has 0 aliphatic carbocycles. The summed E-state index contributed by atoms with van der Waals surface area (Å²) in [5.41, 5.74) is 0. The van der Waals surface area contributed by atoms with Crippen molar-refractivity contribution in [1.29, 1.82) is 0 Å². The van der Waals surface area contributed by atoms with Crippen molar-refractivity contribution in [1.82, 2.24) is 0 Å². The molecule has 0 bridgehead atoms. The second kappa shape index (κ2) is 2.84. The first-order valence-corrected chi connectivity index (χ1v) is 10.0. The molecule has 1 rings (SSSR count). The predicted octanol–water partition coefficient (Wildman–Crippen LogP) is 3.40. The molecule has 0 atom stereocenters. The Morgan fingerprint density at radius 2 is 1.38 bits per heavy atom. The normalized spacial score (nSPS) is 27.8. The standard InChI is InChI=1S/C5H10Br2Si/c6-8(7)4-2-1-3-5-8/h1-5H2. The third kappa shape index (κ3) is 2.19. The van der Waals surface area contributed by atoms with E-state index >= 15 is 0 Å². The van der Waals surface area contributed by atoms with Gasteiger partial charge in [-0.15, -0.1) is 30.6 Å². The number of hydrogen-bond acceptors (Lipinski definition) is 0. The average molecular weight is 258 g/mol. The van der Waals surface area contributed by atoms with Crippen LogP contribution in [0.2, 0.25) is 12.1 Å². The van der Waals surface area contributed by atoms with Gasteiger partial charge in [0.1, 0.15) is 0 Å². The number of halogens is 2. The van der Waals surface area contributed by atoms with E-state index in [-0.39, 0.29) is 0 Å². The first kappa shape index (κ1) is 7.29. The maximum atomic E-state index is 3.75. The minimum absolute atomic E-state index is 0.965. The minimum atomic E-state index is -0.965. The fraction of sp³-hybridized carbons (Fsp3) is 1.00. The first-order chi connectivity index (χ1) is 3.71. The molecule has 0 unspecified atom stereocenters. The third-order valence-electron chi connectivity index (χ3n) is 1.59. The molecule has 48 valence electrons. The van der Waals surface area contributed by atoms with Gasteiger partial charge in [0.2, 0.25) is 5.31 Å². The van der Waals surface area contributed by atoms with Crippen molar-refractivity contribution in [2.24, 2.45) is 0 Å². The predicted molar refractivity (Wildman–Crippen MR) is 47.1 cm³/mol. The van der Waals surface area contributed by atoms with Crippen molar-refractivity contribution in [3.63, 3.8) is 0 Å². The van der Waals surface area contributed by atoms with Crippen molar-refractivity contribution in [3.05, 3.63) is 0 Å². The summed E-state index contributed by atoms with van der Waals surface area (Å²) in [5, 5.41) is -0.965. The summed E-state index contributed by atoms with van der Waals surface area (Å²) in [4.78, 5) is 0. The molecule has 0 aromatic carbocycles. The highest BCUT2D eigenvalue weighted by atomic mass is 79.9. The molecular formula is C5H10Br2Si. The van der Waals surface area contributed by atoms with Crippen molar-refractivity contribution >= 4 is 35.9 Å². The van der Waals surface area contributed by atoms with Gasteiger partial charge in [0.15, 0.2) is 0 Å². The maximum absolute atomic E-state index is 3.75. The maximum Gasteiger partial charge on any atom is 0.201 e. The van der Waals surface area contributed by atoms with Gasteiger partial charge >= 0.3 is 0 Å². The fourth-order valence-electron chi connectivity index (χ4n) is 1.07. The van der Waals surface area contributed by atoms with Crippen LogP contribution >= 0.6 is 30.6 Å². The Hall–Kier alpha value is 1.18. The lowest BCUT2D eigenvalue weighted by atomic mass is 10.3. The highest BCUT2D eigenvalue weighted by molar-refractivity contribution is 9.51. The molecule has 8 heavy (non-hydrogen) atoms. The van der Waals surface area contributed by atoms with Crippen LogP contribution in [-0.4, -0.2) is 5.31 Å². The smallest absolute Gasteiger partial charge is 0.111 e. The Balaban J connectivity index is 2.33. The average Bonchev–Trinajstić information content (AvgIpc) is 1.65. The topological polar surface area (TPSA) is 0 Å². The van der Waals surface area contributed by atoms with Crippen LogP contribution in [0.1, 0.15) is 19.3 Å². The van der Waals surface area contributed by atoms with Gasteiger partial charge in [0.25, 0.3) is 0 Å². The van der Waals surface area contributed by atoms with Gasteiger partial charge in [0, 0.05) is 0 Å². The molecule has 0 spiro atoms. The van der Waals surface area contributed by atoms with Crippen molar-refractivity contribution in [2.75, 3.05) is 0 Å². The Bertz CT molecular complexity index is 74.5. The van der Waals surface area contributed by atoms with Gasteiger partial charge < -0.3 is 0 Å². The molecule has 1 fully saturated rings. The Morgan fingerprint density at radius 3 is 1.62 bits per heavy atom. The first-order valence-electron chi connectivity index (χ1n) is 3.09. The molecule has 0 saturated carbocycles. The van der Waals surface area contributed by atoms with Crippen LogP contribution in [0.4, 0.5) is 0 Å². The van der Waals surface area contributed by atoms with Crippen LogP contribution in [0, 0.1) is 0 Å². The molecule has 1 saturated heterocycles. The van der Waals surface area contributed by atoms with Gasteiger partial charge in [-0.05, 0) is 12.1 Å².